The molecule has 1 aromatic carbocycles. The lowest BCUT2D eigenvalue weighted by molar-refractivity contribution is -0.143. The van der Waals surface area contributed by atoms with Gasteiger partial charge in [-0.1, -0.05) is 22.0 Å². The number of carbonyl (C=O) groups excluding carboxylic acids is 1. The summed E-state index contributed by atoms with van der Waals surface area (Å²) in [5, 5.41) is 0. The van der Waals surface area contributed by atoms with E-state index in [1.54, 1.807) is 13.0 Å². The molecule has 0 aliphatic rings. The predicted molar refractivity (Wildman–Crippen MR) is 62.3 cm³/mol. The van der Waals surface area contributed by atoms with Crippen molar-refractivity contribution in [3.63, 3.8) is 0 Å². The maximum absolute atomic E-state index is 12.8. The standard InChI is InChI=1S/C11H13BrFNO2/c1-2-16-11(15)6-10(14)8-4-3-7(13)5-9(8)12/h3-5,10H,2,6,14H2,1H3. The molecule has 88 valence electrons. The lowest BCUT2D eigenvalue weighted by Gasteiger charge is -2.12. The number of nitrogens with two attached hydrogens (primary N) is 1. The van der Waals surface area contributed by atoms with Gasteiger partial charge < -0.3 is 10.5 Å². The van der Waals surface area contributed by atoms with Gasteiger partial charge >= 0.3 is 5.97 Å². The minimum absolute atomic E-state index is 0.0814. The second kappa shape index (κ2) is 5.96. The fourth-order valence-corrected chi connectivity index (χ4v) is 1.96. The van der Waals surface area contributed by atoms with Crippen LogP contribution < -0.4 is 5.73 Å². The molecule has 0 heterocycles. The largest absolute Gasteiger partial charge is 0.466 e. The van der Waals surface area contributed by atoms with Crippen LogP contribution >= 0.6 is 15.9 Å². The fourth-order valence-electron chi connectivity index (χ4n) is 1.31. The molecule has 1 unspecified atom stereocenters. The van der Waals surface area contributed by atoms with Crippen molar-refractivity contribution in [3.05, 3.63) is 34.1 Å². The highest BCUT2D eigenvalue weighted by Crippen LogP contribution is 2.25. The zero-order valence-electron chi connectivity index (χ0n) is 8.87. The summed E-state index contributed by atoms with van der Waals surface area (Å²) in [5.74, 6) is -0.704. The molecule has 2 N–H and O–H groups in total. The van der Waals surface area contributed by atoms with Gasteiger partial charge in [0.25, 0.3) is 0 Å². The molecule has 0 fully saturated rings. The summed E-state index contributed by atoms with van der Waals surface area (Å²) in [6, 6.07) is 3.70. The summed E-state index contributed by atoms with van der Waals surface area (Å²) in [6.07, 6.45) is 0.0814. The molecule has 16 heavy (non-hydrogen) atoms. The van der Waals surface area contributed by atoms with Gasteiger partial charge in [0.05, 0.1) is 13.0 Å². The third-order valence-electron chi connectivity index (χ3n) is 2.05. The van der Waals surface area contributed by atoms with Gasteiger partial charge in [-0.15, -0.1) is 0 Å². The first-order valence-electron chi connectivity index (χ1n) is 4.90. The Labute approximate surface area is 102 Å². The Morgan fingerprint density at radius 2 is 2.31 bits per heavy atom. The van der Waals surface area contributed by atoms with Crippen molar-refractivity contribution in [1.29, 1.82) is 0 Å². The van der Waals surface area contributed by atoms with Crippen LogP contribution in [0.2, 0.25) is 0 Å². The molecule has 5 heteroatoms. The van der Waals surface area contributed by atoms with Crippen LogP contribution in [0.5, 0.6) is 0 Å². The second-order valence-electron chi connectivity index (χ2n) is 3.28. The Morgan fingerprint density at radius 1 is 1.62 bits per heavy atom. The van der Waals surface area contributed by atoms with E-state index >= 15 is 0 Å². The summed E-state index contributed by atoms with van der Waals surface area (Å²) < 4.78 is 18.2. The van der Waals surface area contributed by atoms with E-state index in [0.29, 0.717) is 16.6 Å². The highest BCUT2D eigenvalue weighted by molar-refractivity contribution is 9.10. The van der Waals surface area contributed by atoms with Crippen molar-refractivity contribution in [2.75, 3.05) is 6.61 Å². The van der Waals surface area contributed by atoms with Gasteiger partial charge in [0.1, 0.15) is 5.82 Å². The number of benzene rings is 1. The van der Waals surface area contributed by atoms with Crippen LogP contribution in [0.1, 0.15) is 24.9 Å². The Kier molecular flexibility index (Phi) is 4.89. The van der Waals surface area contributed by atoms with E-state index in [9.17, 15) is 9.18 Å². The van der Waals surface area contributed by atoms with Crippen LogP contribution in [-0.4, -0.2) is 12.6 Å². The highest BCUT2D eigenvalue weighted by atomic mass is 79.9. The molecule has 0 aliphatic heterocycles. The first kappa shape index (κ1) is 13.1. The average Bonchev–Trinajstić information content (AvgIpc) is 2.17. The molecule has 0 aromatic heterocycles. The Hall–Kier alpha value is -0.940. The van der Waals surface area contributed by atoms with Crippen molar-refractivity contribution >= 4 is 21.9 Å². The molecule has 0 bridgehead atoms. The van der Waals surface area contributed by atoms with Crippen molar-refractivity contribution in [2.45, 2.75) is 19.4 Å². The zero-order valence-corrected chi connectivity index (χ0v) is 10.5. The third kappa shape index (κ3) is 3.57. The second-order valence-corrected chi connectivity index (χ2v) is 4.14. The molecule has 1 aromatic rings. The maximum Gasteiger partial charge on any atom is 0.307 e. The van der Waals surface area contributed by atoms with E-state index in [0.717, 1.165) is 0 Å². The number of carbonyl (C=O) groups is 1. The minimum Gasteiger partial charge on any atom is -0.466 e. The van der Waals surface area contributed by atoms with E-state index in [1.165, 1.54) is 12.1 Å². The monoisotopic (exact) mass is 289 g/mol. The van der Waals surface area contributed by atoms with Gasteiger partial charge in [-0.05, 0) is 24.6 Å². The molecule has 1 rings (SSSR count). The number of hydrogen-bond donors (Lipinski definition) is 1. The predicted octanol–water partition coefficient (Wildman–Crippen LogP) is 2.54. The molecule has 0 radical (unpaired) electrons. The lowest BCUT2D eigenvalue weighted by Crippen LogP contribution is -2.17. The molecule has 0 spiro atoms. The maximum atomic E-state index is 12.8. The molecule has 0 saturated carbocycles. The molecule has 1 atom stereocenters. The van der Waals surface area contributed by atoms with E-state index in [4.69, 9.17) is 10.5 Å². The van der Waals surface area contributed by atoms with E-state index < -0.39 is 6.04 Å². The smallest absolute Gasteiger partial charge is 0.307 e. The summed E-state index contributed by atoms with van der Waals surface area (Å²) in [5.41, 5.74) is 6.51. The van der Waals surface area contributed by atoms with Crippen LogP contribution in [0.4, 0.5) is 4.39 Å². The molecule has 0 amide bonds. The molecule has 0 aliphatic carbocycles. The summed E-state index contributed by atoms with van der Waals surface area (Å²) in [4.78, 5) is 11.2. The number of esters is 1. The third-order valence-corrected chi connectivity index (χ3v) is 2.74. The Balaban J connectivity index is 2.72. The number of rotatable bonds is 4. The fraction of sp³-hybridized carbons (Fsp3) is 0.364. The van der Waals surface area contributed by atoms with Gasteiger partial charge in [0.15, 0.2) is 0 Å². The van der Waals surface area contributed by atoms with Crippen LogP contribution in [-0.2, 0) is 9.53 Å². The van der Waals surface area contributed by atoms with E-state index in [-0.39, 0.29) is 18.2 Å². The first-order chi connectivity index (χ1) is 7.54. The van der Waals surface area contributed by atoms with Gasteiger partial charge in [0, 0.05) is 10.5 Å². The summed E-state index contributed by atoms with van der Waals surface area (Å²) in [7, 11) is 0. The Bertz CT molecular complexity index is 384. The van der Waals surface area contributed by atoms with E-state index in [2.05, 4.69) is 15.9 Å². The van der Waals surface area contributed by atoms with E-state index in [1.807, 2.05) is 0 Å². The average molecular weight is 290 g/mol. The van der Waals surface area contributed by atoms with Crippen molar-refractivity contribution < 1.29 is 13.9 Å². The van der Waals surface area contributed by atoms with Crippen LogP contribution in [0.25, 0.3) is 0 Å². The molecular weight excluding hydrogens is 277 g/mol. The minimum atomic E-state index is -0.492. The summed E-state index contributed by atoms with van der Waals surface area (Å²) >= 11 is 3.20. The molecular formula is C11H13BrFNO2. The first-order valence-corrected chi connectivity index (χ1v) is 5.70. The summed E-state index contributed by atoms with van der Waals surface area (Å²) in [6.45, 7) is 2.06. The molecule has 3 nitrogen and oxygen atoms in total. The topological polar surface area (TPSA) is 52.3 Å². The zero-order chi connectivity index (χ0) is 12.1. The SMILES string of the molecule is CCOC(=O)CC(N)c1ccc(F)cc1Br. The van der Waals surface area contributed by atoms with Crippen molar-refractivity contribution in [3.8, 4) is 0 Å². The number of hydrogen-bond acceptors (Lipinski definition) is 3. The van der Waals surface area contributed by atoms with Gasteiger partial charge in [0.2, 0.25) is 0 Å². The quantitative estimate of drug-likeness (QED) is 0.867. The van der Waals surface area contributed by atoms with Gasteiger partial charge in [-0.3, -0.25) is 4.79 Å². The van der Waals surface area contributed by atoms with Crippen LogP contribution in [0.3, 0.4) is 0 Å². The van der Waals surface area contributed by atoms with Gasteiger partial charge in [-0.25, -0.2) is 4.39 Å². The Morgan fingerprint density at radius 3 is 2.88 bits per heavy atom. The number of ether oxygens (including phenoxy) is 1. The highest BCUT2D eigenvalue weighted by Gasteiger charge is 2.15. The molecule has 0 saturated heterocycles. The van der Waals surface area contributed by atoms with Crippen LogP contribution in [0.15, 0.2) is 22.7 Å². The van der Waals surface area contributed by atoms with Gasteiger partial charge in [-0.2, -0.15) is 0 Å². The van der Waals surface area contributed by atoms with Crippen molar-refractivity contribution in [2.24, 2.45) is 5.73 Å². The van der Waals surface area contributed by atoms with Crippen molar-refractivity contribution in [1.82, 2.24) is 0 Å². The number of halogens is 2. The normalized spacial score (nSPS) is 12.2. The lowest BCUT2D eigenvalue weighted by atomic mass is 10.1. The van der Waals surface area contributed by atoms with Crippen LogP contribution in [0, 0.1) is 5.82 Å².